The summed E-state index contributed by atoms with van der Waals surface area (Å²) >= 11 is 0. The van der Waals surface area contributed by atoms with Crippen molar-refractivity contribution < 1.29 is 0 Å². The first-order chi connectivity index (χ1) is 7.86. The number of nitrogens with two attached hydrogens (primary N) is 1. The molecule has 0 spiro atoms. The van der Waals surface area contributed by atoms with Crippen LogP contribution in [0.25, 0.3) is 0 Å². The molecule has 3 N–H and O–H groups in total. The molecule has 0 aliphatic rings. The highest BCUT2D eigenvalue weighted by molar-refractivity contribution is 5.97. The van der Waals surface area contributed by atoms with Crippen LogP contribution in [0, 0.1) is 0 Å². The van der Waals surface area contributed by atoms with Gasteiger partial charge in [0.2, 0.25) is 0 Å². The normalized spacial score (nSPS) is 11.6. The van der Waals surface area contributed by atoms with Crippen molar-refractivity contribution in [1.82, 2.24) is 15.2 Å². The zero-order chi connectivity index (χ0) is 11.2. The van der Waals surface area contributed by atoms with Gasteiger partial charge in [-0.05, 0) is 0 Å². The molecule has 0 fully saturated rings. The molecular formula is C11H13N5. The molecule has 82 valence electrons. The van der Waals surface area contributed by atoms with Crippen molar-refractivity contribution in [3.8, 4) is 0 Å². The van der Waals surface area contributed by atoms with Gasteiger partial charge in [0.1, 0.15) is 18.0 Å². The number of amidine groups is 1. The highest BCUT2D eigenvalue weighted by Gasteiger charge is 1.97. The van der Waals surface area contributed by atoms with Crippen LogP contribution in [0.2, 0.25) is 0 Å². The van der Waals surface area contributed by atoms with E-state index in [0.717, 1.165) is 11.4 Å². The molecule has 0 radical (unpaired) electrons. The van der Waals surface area contributed by atoms with Gasteiger partial charge in [0.25, 0.3) is 0 Å². The van der Waals surface area contributed by atoms with E-state index in [0.29, 0.717) is 18.8 Å². The predicted molar refractivity (Wildman–Crippen MR) is 62.1 cm³/mol. The fourth-order valence-electron chi connectivity index (χ4n) is 1.33. The molecule has 0 amide bonds. The van der Waals surface area contributed by atoms with Gasteiger partial charge in [0, 0.05) is 18.5 Å². The number of aromatic amines is 1. The molecule has 1 aromatic carbocycles. The average molecular weight is 215 g/mol. The highest BCUT2D eigenvalue weighted by atomic mass is 15.2. The minimum absolute atomic E-state index is 0.556. The number of hydrogen-bond donors (Lipinski definition) is 2. The van der Waals surface area contributed by atoms with E-state index in [-0.39, 0.29) is 0 Å². The Morgan fingerprint density at radius 1 is 1.31 bits per heavy atom. The molecule has 2 aromatic rings. The fourth-order valence-corrected chi connectivity index (χ4v) is 1.33. The van der Waals surface area contributed by atoms with Crippen LogP contribution in [0.4, 0.5) is 0 Å². The van der Waals surface area contributed by atoms with Gasteiger partial charge in [0.15, 0.2) is 0 Å². The van der Waals surface area contributed by atoms with E-state index in [4.69, 9.17) is 5.73 Å². The molecule has 1 heterocycles. The van der Waals surface area contributed by atoms with Crippen molar-refractivity contribution in [2.75, 3.05) is 6.54 Å². The van der Waals surface area contributed by atoms with E-state index >= 15 is 0 Å². The van der Waals surface area contributed by atoms with Crippen LogP contribution in [-0.4, -0.2) is 27.6 Å². The van der Waals surface area contributed by atoms with Crippen LogP contribution in [0.3, 0.4) is 0 Å². The van der Waals surface area contributed by atoms with Gasteiger partial charge in [-0.25, -0.2) is 4.98 Å². The molecule has 5 nitrogen and oxygen atoms in total. The summed E-state index contributed by atoms with van der Waals surface area (Å²) in [4.78, 5) is 8.29. The van der Waals surface area contributed by atoms with Crippen molar-refractivity contribution in [1.29, 1.82) is 0 Å². The Bertz CT molecular complexity index is 446. The Labute approximate surface area is 93.4 Å². The molecule has 5 heteroatoms. The second kappa shape index (κ2) is 5.06. The minimum atomic E-state index is 0.556. The van der Waals surface area contributed by atoms with Crippen LogP contribution in [0.5, 0.6) is 0 Å². The summed E-state index contributed by atoms with van der Waals surface area (Å²) in [5, 5.41) is 6.54. The Kier molecular flexibility index (Phi) is 3.28. The molecule has 2 rings (SSSR count). The lowest BCUT2D eigenvalue weighted by Gasteiger charge is -1.99. The van der Waals surface area contributed by atoms with E-state index in [1.807, 2.05) is 30.3 Å². The molecule has 1 aromatic heterocycles. The maximum atomic E-state index is 5.84. The standard InChI is InChI=1S/C11H13N5/c12-11(9-4-2-1-3-5-9)13-7-6-10-14-8-15-16-10/h1-5,8H,6-7H2,(H2,12,13)(H,14,15,16). The van der Waals surface area contributed by atoms with Crippen molar-refractivity contribution >= 4 is 5.84 Å². The van der Waals surface area contributed by atoms with Gasteiger partial charge in [-0.15, -0.1) is 0 Å². The predicted octanol–water partition coefficient (Wildman–Crippen LogP) is 0.753. The van der Waals surface area contributed by atoms with Gasteiger partial charge < -0.3 is 5.73 Å². The lowest BCUT2D eigenvalue weighted by Crippen LogP contribution is -2.14. The molecule has 0 aliphatic heterocycles. The largest absolute Gasteiger partial charge is 0.384 e. The fraction of sp³-hybridized carbons (Fsp3) is 0.182. The zero-order valence-electron chi connectivity index (χ0n) is 8.80. The summed E-state index contributed by atoms with van der Waals surface area (Å²) in [6.45, 7) is 0.607. The SMILES string of the molecule is NC(=NCCc1ncn[nH]1)c1ccccc1. The molecule has 0 saturated carbocycles. The maximum absolute atomic E-state index is 5.84. The second-order valence-electron chi connectivity index (χ2n) is 3.32. The molecular weight excluding hydrogens is 202 g/mol. The van der Waals surface area contributed by atoms with Gasteiger partial charge in [-0.1, -0.05) is 30.3 Å². The molecule has 0 saturated heterocycles. The summed E-state index contributed by atoms with van der Waals surface area (Å²) in [7, 11) is 0. The Balaban J connectivity index is 1.93. The first-order valence-corrected chi connectivity index (χ1v) is 5.06. The van der Waals surface area contributed by atoms with E-state index in [1.165, 1.54) is 6.33 Å². The minimum Gasteiger partial charge on any atom is -0.384 e. The number of hydrogen-bond acceptors (Lipinski definition) is 3. The van der Waals surface area contributed by atoms with Gasteiger partial charge >= 0.3 is 0 Å². The van der Waals surface area contributed by atoms with E-state index < -0.39 is 0 Å². The van der Waals surface area contributed by atoms with Gasteiger partial charge in [-0.2, -0.15) is 5.10 Å². The topological polar surface area (TPSA) is 79.9 Å². The van der Waals surface area contributed by atoms with E-state index in [1.54, 1.807) is 0 Å². The Morgan fingerprint density at radius 3 is 2.81 bits per heavy atom. The number of aromatic nitrogens is 3. The van der Waals surface area contributed by atoms with Gasteiger partial charge in [0.05, 0.1) is 0 Å². The number of nitrogens with zero attached hydrogens (tertiary/aromatic N) is 3. The summed E-state index contributed by atoms with van der Waals surface area (Å²) in [6.07, 6.45) is 2.20. The monoisotopic (exact) mass is 215 g/mol. The molecule has 16 heavy (non-hydrogen) atoms. The number of benzene rings is 1. The van der Waals surface area contributed by atoms with Crippen molar-refractivity contribution in [3.05, 3.63) is 48.0 Å². The van der Waals surface area contributed by atoms with E-state index in [9.17, 15) is 0 Å². The van der Waals surface area contributed by atoms with Crippen LogP contribution < -0.4 is 5.73 Å². The summed E-state index contributed by atoms with van der Waals surface area (Å²) < 4.78 is 0. The Morgan fingerprint density at radius 2 is 2.12 bits per heavy atom. The van der Waals surface area contributed by atoms with Crippen molar-refractivity contribution in [3.63, 3.8) is 0 Å². The quantitative estimate of drug-likeness (QED) is 0.583. The molecule has 0 aliphatic carbocycles. The number of aliphatic imine (C=N–C) groups is 1. The number of nitrogens with one attached hydrogen (secondary N) is 1. The average Bonchev–Trinajstić information content (AvgIpc) is 2.83. The van der Waals surface area contributed by atoms with Crippen LogP contribution in [0.15, 0.2) is 41.7 Å². The smallest absolute Gasteiger partial charge is 0.137 e. The summed E-state index contributed by atoms with van der Waals surface area (Å²) in [6, 6.07) is 9.70. The molecule has 0 bridgehead atoms. The third kappa shape index (κ3) is 2.66. The van der Waals surface area contributed by atoms with E-state index in [2.05, 4.69) is 20.2 Å². The molecule has 0 atom stereocenters. The maximum Gasteiger partial charge on any atom is 0.137 e. The van der Waals surface area contributed by atoms with Gasteiger partial charge in [-0.3, -0.25) is 10.1 Å². The van der Waals surface area contributed by atoms with Crippen LogP contribution in [0.1, 0.15) is 11.4 Å². The third-order valence-corrected chi connectivity index (χ3v) is 2.17. The Hall–Kier alpha value is -2.17. The van der Waals surface area contributed by atoms with Crippen LogP contribution in [-0.2, 0) is 6.42 Å². The lowest BCUT2D eigenvalue weighted by molar-refractivity contribution is 0.874. The third-order valence-electron chi connectivity index (χ3n) is 2.17. The summed E-state index contributed by atoms with van der Waals surface area (Å²) in [5.74, 6) is 1.38. The number of H-pyrrole nitrogens is 1. The first kappa shape index (κ1) is 10.4. The first-order valence-electron chi connectivity index (χ1n) is 5.06. The number of rotatable bonds is 4. The van der Waals surface area contributed by atoms with Crippen LogP contribution >= 0.6 is 0 Å². The second-order valence-corrected chi connectivity index (χ2v) is 3.32. The lowest BCUT2D eigenvalue weighted by atomic mass is 10.2. The van der Waals surface area contributed by atoms with Crippen molar-refractivity contribution in [2.45, 2.75) is 6.42 Å². The van der Waals surface area contributed by atoms with Crippen molar-refractivity contribution in [2.24, 2.45) is 10.7 Å². The summed E-state index contributed by atoms with van der Waals surface area (Å²) in [5.41, 5.74) is 6.78. The zero-order valence-corrected chi connectivity index (χ0v) is 8.80. The molecule has 0 unspecified atom stereocenters. The highest BCUT2D eigenvalue weighted by Crippen LogP contribution is 1.98.